The van der Waals surface area contributed by atoms with Gasteiger partial charge in [-0.25, -0.2) is 14.4 Å². The van der Waals surface area contributed by atoms with Gasteiger partial charge in [0.1, 0.15) is 5.58 Å². The fourth-order valence-corrected chi connectivity index (χ4v) is 9.77. The summed E-state index contributed by atoms with van der Waals surface area (Å²) in [6.07, 6.45) is -0.762. The summed E-state index contributed by atoms with van der Waals surface area (Å²) < 4.78 is 30.1. The molecule has 0 unspecified atom stereocenters. The van der Waals surface area contributed by atoms with Crippen LogP contribution in [0.25, 0.3) is 11.0 Å². The highest BCUT2D eigenvalue weighted by molar-refractivity contribution is 8.00. The number of fused-ring (bicyclic) bond motifs is 7. The second kappa shape index (κ2) is 8.92. The van der Waals surface area contributed by atoms with Gasteiger partial charge in [0.2, 0.25) is 11.2 Å². The average Bonchev–Trinajstić information content (AvgIpc) is 3.42. The zero-order valence-electron chi connectivity index (χ0n) is 26.8. The molecule has 0 radical (unpaired) electrons. The molecule has 3 aliphatic heterocycles. The number of thioether (sulfide) groups is 1. The van der Waals surface area contributed by atoms with E-state index in [1.165, 1.54) is 17.8 Å². The van der Waals surface area contributed by atoms with E-state index in [4.69, 9.17) is 23.4 Å². The first kappa shape index (κ1) is 30.3. The van der Waals surface area contributed by atoms with Gasteiger partial charge in [0.15, 0.2) is 12.2 Å². The van der Waals surface area contributed by atoms with Crippen LogP contribution in [0, 0.1) is 28.6 Å². The number of carbonyl (C=O) groups is 4. The number of aryl methyl sites for hydroxylation is 1. The Morgan fingerprint density at radius 3 is 1.84 bits per heavy atom. The minimum atomic E-state index is -1.54. The number of hydrogen-bond donors (Lipinski definition) is 0. The van der Waals surface area contributed by atoms with E-state index in [0.717, 1.165) is 0 Å². The van der Waals surface area contributed by atoms with Crippen molar-refractivity contribution in [3.63, 3.8) is 0 Å². The highest BCUT2D eigenvalue weighted by Gasteiger charge is 2.78. The lowest BCUT2D eigenvalue weighted by Gasteiger charge is -2.41. The number of hydrogen-bond acceptors (Lipinski definition) is 11. The van der Waals surface area contributed by atoms with Crippen molar-refractivity contribution in [1.82, 2.24) is 0 Å². The average molecular weight is 639 g/mol. The molecule has 7 rings (SSSR count). The number of esters is 4. The van der Waals surface area contributed by atoms with Gasteiger partial charge in [-0.15, -0.1) is 11.8 Å². The summed E-state index contributed by atoms with van der Waals surface area (Å²) in [5.74, 6) is -2.34. The molecule has 7 atom stereocenters. The first-order valence-corrected chi connectivity index (χ1v) is 16.4. The van der Waals surface area contributed by atoms with Crippen LogP contribution in [0.2, 0.25) is 0 Å². The molecule has 2 saturated heterocycles. The van der Waals surface area contributed by atoms with E-state index in [-0.39, 0.29) is 12.0 Å². The summed E-state index contributed by atoms with van der Waals surface area (Å²) in [5, 5.41) is 0.216. The van der Waals surface area contributed by atoms with Crippen molar-refractivity contribution >= 4 is 46.6 Å². The van der Waals surface area contributed by atoms with Crippen molar-refractivity contribution in [3.8, 4) is 0 Å². The molecular formula is C34H38O10S. The maximum Gasteiger partial charge on any atom is 0.351 e. The highest BCUT2D eigenvalue weighted by Crippen LogP contribution is 2.67. The number of ether oxygens (including phenoxy) is 4. The number of rotatable bonds is 4. The topological polar surface area (TPSA) is 135 Å². The maximum atomic E-state index is 14.4. The van der Waals surface area contributed by atoms with Gasteiger partial charge in [-0.05, 0) is 71.1 Å². The molecule has 11 heteroatoms. The molecule has 0 spiro atoms. The lowest BCUT2D eigenvalue weighted by Crippen LogP contribution is -2.53. The van der Waals surface area contributed by atoms with Crippen molar-refractivity contribution < 1.29 is 42.5 Å². The smallest absolute Gasteiger partial charge is 0.351 e. The van der Waals surface area contributed by atoms with E-state index in [1.54, 1.807) is 13.8 Å². The molecule has 0 N–H and O–H groups in total. The van der Waals surface area contributed by atoms with E-state index in [2.05, 4.69) is 0 Å². The molecule has 10 nitrogen and oxygen atoms in total. The molecule has 2 aliphatic carbocycles. The van der Waals surface area contributed by atoms with Crippen LogP contribution in [0.1, 0.15) is 91.4 Å². The third kappa shape index (κ3) is 3.40. The summed E-state index contributed by atoms with van der Waals surface area (Å²) >= 11 is 1.40. The van der Waals surface area contributed by atoms with Gasteiger partial charge in [0.25, 0.3) is 0 Å². The Bertz CT molecular complexity index is 1790. The van der Waals surface area contributed by atoms with Crippen molar-refractivity contribution in [3.05, 3.63) is 39.7 Å². The first-order valence-electron chi connectivity index (χ1n) is 15.5. The molecule has 4 heterocycles. The van der Waals surface area contributed by atoms with Crippen molar-refractivity contribution in [2.75, 3.05) is 0 Å². The monoisotopic (exact) mass is 638 g/mol. The highest BCUT2D eigenvalue weighted by atomic mass is 32.2. The van der Waals surface area contributed by atoms with E-state index in [1.807, 2.05) is 53.7 Å². The predicted molar refractivity (Wildman–Crippen MR) is 161 cm³/mol. The van der Waals surface area contributed by atoms with Crippen LogP contribution >= 0.6 is 11.8 Å². The van der Waals surface area contributed by atoms with Gasteiger partial charge >= 0.3 is 29.5 Å². The Kier molecular flexibility index (Phi) is 6.01. The van der Waals surface area contributed by atoms with Gasteiger partial charge in [0, 0.05) is 32.4 Å². The van der Waals surface area contributed by atoms with Crippen LogP contribution in [0.15, 0.2) is 32.3 Å². The summed E-state index contributed by atoms with van der Waals surface area (Å²) in [4.78, 5) is 67.9. The van der Waals surface area contributed by atoms with Crippen LogP contribution in [-0.4, -0.2) is 46.4 Å². The van der Waals surface area contributed by atoms with Crippen molar-refractivity contribution in [2.24, 2.45) is 21.7 Å². The summed E-state index contributed by atoms with van der Waals surface area (Å²) in [7, 11) is 0. The summed E-state index contributed by atoms with van der Waals surface area (Å²) in [6.45, 7) is 14.6. The quantitative estimate of drug-likeness (QED) is 0.244. The summed E-state index contributed by atoms with van der Waals surface area (Å²) in [5.41, 5.74) is -5.77. The lowest BCUT2D eigenvalue weighted by atomic mass is 9.66. The molecule has 2 aromatic rings. The van der Waals surface area contributed by atoms with Crippen LogP contribution in [0.4, 0.5) is 0 Å². The van der Waals surface area contributed by atoms with Crippen LogP contribution in [0.5, 0.6) is 0 Å². The van der Waals surface area contributed by atoms with Crippen LogP contribution in [0.3, 0.4) is 0 Å². The molecule has 2 saturated carbocycles. The summed E-state index contributed by atoms with van der Waals surface area (Å²) in [6, 6.07) is 5.11. The van der Waals surface area contributed by atoms with E-state index in [0.29, 0.717) is 40.7 Å². The largest absolute Gasteiger partial charge is 0.454 e. The standard InChI is InChI=1S/C34H38O10S/c1-16-15-20(35)40-23-18(16)9-10-19-21(23)24(42-28(39)34-14-12-32(8,26(37)44-34)30(34,5)6)22(17(2)45-19)41-27(38)33-13-11-31(7,25(36)43-33)29(33,3)4/h9-10,15,17,22,24H,11-14H2,1-8H3/t17-,22-,24+,31-,32-,33+,34+/m0/s1. The Labute approximate surface area is 264 Å². The maximum absolute atomic E-state index is 14.4. The molecule has 45 heavy (non-hydrogen) atoms. The molecule has 4 bridgehead atoms. The van der Waals surface area contributed by atoms with E-state index < -0.39 is 79.8 Å². The molecule has 1 aromatic carbocycles. The Morgan fingerprint density at radius 2 is 1.36 bits per heavy atom. The van der Waals surface area contributed by atoms with Gasteiger partial charge < -0.3 is 23.4 Å². The van der Waals surface area contributed by atoms with E-state index in [9.17, 15) is 24.0 Å². The van der Waals surface area contributed by atoms with E-state index >= 15 is 0 Å². The van der Waals surface area contributed by atoms with Crippen molar-refractivity contribution in [1.29, 1.82) is 0 Å². The minimum Gasteiger partial charge on any atom is -0.454 e. The minimum absolute atomic E-state index is 0.228. The molecule has 1 aromatic heterocycles. The fraction of sp³-hybridized carbons (Fsp3) is 0.618. The molecule has 240 valence electrons. The molecule has 0 amide bonds. The lowest BCUT2D eigenvalue weighted by molar-refractivity contribution is -0.202. The Balaban J connectivity index is 1.34. The van der Waals surface area contributed by atoms with Gasteiger partial charge in [-0.1, -0.05) is 27.7 Å². The SMILES string of the molecule is Cc1cc(=O)oc2c3c(ccc12)S[C@@H](C)[C@H](OC(=O)[C@@]12CC[C@@](C)(C(=O)O1)C2(C)C)[C@@H]3OC(=O)[C@@]12CC[C@@](C)(C(=O)O1)C2(C)C. The van der Waals surface area contributed by atoms with Crippen LogP contribution in [-0.2, 0) is 38.1 Å². The second-order valence-corrected chi connectivity index (χ2v) is 16.4. The normalized spacial score (nSPS) is 38.5. The Hall–Kier alpha value is -3.34. The number of benzene rings is 1. The van der Waals surface area contributed by atoms with Crippen molar-refractivity contribution in [2.45, 2.75) is 115 Å². The van der Waals surface area contributed by atoms with Gasteiger partial charge in [-0.2, -0.15) is 0 Å². The molecular weight excluding hydrogens is 600 g/mol. The third-order valence-corrected chi connectivity index (χ3v) is 14.0. The number of carbonyl (C=O) groups excluding carboxylic acids is 4. The van der Waals surface area contributed by atoms with Gasteiger partial charge in [0.05, 0.1) is 16.4 Å². The van der Waals surface area contributed by atoms with Gasteiger partial charge in [-0.3, -0.25) is 9.59 Å². The fourth-order valence-electron chi connectivity index (χ4n) is 8.55. The van der Waals surface area contributed by atoms with Crippen LogP contribution < -0.4 is 5.63 Å². The second-order valence-electron chi connectivity index (χ2n) is 15.0. The molecule has 4 fully saturated rings. The zero-order valence-corrected chi connectivity index (χ0v) is 27.6. The molecule has 5 aliphatic rings. The Morgan fingerprint density at radius 1 is 0.822 bits per heavy atom. The third-order valence-electron chi connectivity index (χ3n) is 12.8. The first-order chi connectivity index (χ1) is 20.9. The predicted octanol–water partition coefficient (Wildman–Crippen LogP) is 5.34. The zero-order chi connectivity index (χ0) is 32.7.